The number of benzene rings is 2. The monoisotopic (exact) mass is 549 g/mol. The van der Waals surface area contributed by atoms with Crippen LogP contribution in [-0.4, -0.2) is 49.3 Å². The average Bonchev–Trinajstić information content (AvgIpc) is 2.83. The number of fused-ring (bicyclic) bond motifs is 2. The van der Waals surface area contributed by atoms with Crippen molar-refractivity contribution in [3.8, 4) is 0 Å². The van der Waals surface area contributed by atoms with Crippen LogP contribution in [0.1, 0.15) is 24.0 Å². The molecular formula is C23H25F6N5O2S. The van der Waals surface area contributed by atoms with E-state index >= 15 is 0 Å². The van der Waals surface area contributed by atoms with Gasteiger partial charge in [-0.3, -0.25) is 0 Å². The zero-order chi connectivity index (χ0) is 26.8. The summed E-state index contributed by atoms with van der Waals surface area (Å²) in [6.45, 7) is 2.71. The summed E-state index contributed by atoms with van der Waals surface area (Å²) in [5.74, 6) is -2.37. The van der Waals surface area contributed by atoms with E-state index in [2.05, 4.69) is 20.4 Å². The zero-order valence-electron chi connectivity index (χ0n) is 19.4. The maximum Gasteiger partial charge on any atom is 0.492 e. The van der Waals surface area contributed by atoms with Crippen LogP contribution in [0.3, 0.4) is 0 Å². The number of rotatable bonds is 7. The van der Waals surface area contributed by atoms with E-state index < -0.39 is 23.9 Å². The molecule has 0 spiro atoms. The molecule has 37 heavy (non-hydrogen) atoms. The lowest BCUT2D eigenvalue weighted by molar-refractivity contribution is -0.207. The number of carbonyl (C=O) groups is 1. The van der Waals surface area contributed by atoms with Gasteiger partial charge in [-0.05, 0) is 42.7 Å². The Morgan fingerprint density at radius 2 is 1.84 bits per heavy atom. The van der Waals surface area contributed by atoms with Gasteiger partial charge >= 0.3 is 18.3 Å². The van der Waals surface area contributed by atoms with E-state index in [4.69, 9.17) is 5.73 Å². The number of alkyl halides is 6. The summed E-state index contributed by atoms with van der Waals surface area (Å²) in [5, 5.41) is 6.49. The van der Waals surface area contributed by atoms with E-state index in [1.165, 1.54) is 0 Å². The minimum Gasteiger partial charge on any atom is -0.380 e. The molecule has 0 aromatic heterocycles. The minimum absolute atomic E-state index is 0.00247. The summed E-state index contributed by atoms with van der Waals surface area (Å²) in [4.78, 5) is 18.0. The van der Waals surface area contributed by atoms with Crippen LogP contribution < -0.4 is 21.8 Å². The first-order valence-electron chi connectivity index (χ1n) is 11.5. The number of halogens is 6. The second-order valence-corrected chi connectivity index (χ2v) is 9.79. The second-order valence-electron chi connectivity index (χ2n) is 8.71. The quantitative estimate of drug-likeness (QED) is 0.246. The van der Waals surface area contributed by atoms with E-state index in [9.17, 15) is 31.1 Å². The molecule has 0 atom stereocenters. The van der Waals surface area contributed by atoms with Gasteiger partial charge in [-0.2, -0.15) is 26.3 Å². The van der Waals surface area contributed by atoms with Crippen molar-refractivity contribution in [2.24, 2.45) is 5.73 Å². The molecular weight excluding hydrogens is 524 g/mol. The summed E-state index contributed by atoms with van der Waals surface area (Å²) in [6, 6.07) is 7.06. The van der Waals surface area contributed by atoms with Crippen molar-refractivity contribution in [2.45, 2.75) is 47.6 Å². The van der Waals surface area contributed by atoms with Crippen molar-refractivity contribution in [1.29, 1.82) is 0 Å². The van der Waals surface area contributed by atoms with Gasteiger partial charge in [0.1, 0.15) is 0 Å². The Morgan fingerprint density at radius 1 is 1.11 bits per heavy atom. The van der Waals surface area contributed by atoms with Crippen LogP contribution in [0, 0.1) is 0 Å². The molecule has 2 aromatic carbocycles. The number of hydrogen-bond donors (Lipinski definition) is 4. The highest BCUT2D eigenvalue weighted by atomic mass is 32.2. The molecule has 1 saturated heterocycles. The normalized spacial score (nSPS) is 16.5. The van der Waals surface area contributed by atoms with Gasteiger partial charge in [0.05, 0.1) is 29.2 Å². The third kappa shape index (κ3) is 6.80. The summed E-state index contributed by atoms with van der Waals surface area (Å²) in [5.41, 5.74) is 8.77. The molecule has 202 valence electrons. The maximum absolute atomic E-state index is 13.7. The highest BCUT2D eigenvalue weighted by Crippen LogP contribution is 2.50. The predicted molar refractivity (Wildman–Crippen MR) is 126 cm³/mol. The molecule has 2 aliphatic rings. The molecule has 1 fully saturated rings. The fraction of sp³-hybridized carbons (Fsp3) is 0.435. The fourth-order valence-electron chi connectivity index (χ4n) is 4.17. The van der Waals surface area contributed by atoms with E-state index in [0.29, 0.717) is 39.0 Å². The lowest BCUT2D eigenvalue weighted by Crippen LogP contribution is -2.41. The van der Waals surface area contributed by atoms with Crippen molar-refractivity contribution in [2.75, 3.05) is 36.8 Å². The summed E-state index contributed by atoms with van der Waals surface area (Å²) in [6.07, 6.45) is -8.14. The Labute approximate surface area is 213 Å². The largest absolute Gasteiger partial charge is 0.492 e. The first-order valence-corrected chi connectivity index (χ1v) is 12.3. The molecule has 0 aliphatic carbocycles. The number of likely N-dealkylation sites (tertiary alicyclic amines) is 1. The number of nitrogens with zero attached hydrogens (tertiary/aromatic N) is 1. The van der Waals surface area contributed by atoms with E-state index in [1.807, 2.05) is 5.48 Å². The third-order valence-corrected chi connectivity index (χ3v) is 7.12. The van der Waals surface area contributed by atoms with Crippen LogP contribution in [0.4, 0.5) is 43.4 Å². The van der Waals surface area contributed by atoms with Gasteiger partial charge in [0.25, 0.3) is 0 Å². The fourth-order valence-corrected chi connectivity index (χ4v) is 5.29. The van der Waals surface area contributed by atoms with Crippen LogP contribution in [0.5, 0.6) is 0 Å². The molecule has 7 nitrogen and oxygen atoms in total. The van der Waals surface area contributed by atoms with E-state index in [1.54, 1.807) is 18.2 Å². The summed E-state index contributed by atoms with van der Waals surface area (Å²) < 4.78 is 77.9. The van der Waals surface area contributed by atoms with Gasteiger partial charge in [0, 0.05) is 42.0 Å². The Bertz CT molecular complexity index is 1140. The minimum atomic E-state index is -5.13. The smallest absolute Gasteiger partial charge is 0.380 e. The summed E-state index contributed by atoms with van der Waals surface area (Å²) >= 11 is 1.11. The number of nitrogens with two attached hydrogens (primary N) is 1. The molecule has 0 bridgehead atoms. The molecule has 4 rings (SSSR count). The Hall–Kier alpha value is -2.68. The second kappa shape index (κ2) is 11.0. The summed E-state index contributed by atoms with van der Waals surface area (Å²) in [7, 11) is 0. The van der Waals surface area contributed by atoms with Crippen molar-refractivity contribution >= 4 is 34.8 Å². The maximum atomic E-state index is 13.7. The van der Waals surface area contributed by atoms with Gasteiger partial charge in [-0.15, -0.1) is 5.48 Å². The highest BCUT2D eigenvalue weighted by Gasteiger charge is 2.41. The lowest BCUT2D eigenvalue weighted by Gasteiger charge is -2.34. The molecule has 0 amide bonds. The first-order chi connectivity index (χ1) is 17.4. The van der Waals surface area contributed by atoms with E-state index in [0.717, 1.165) is 56.4 Å². The van der Waals surface area contributed by atoms with Crippen molar-refractivity contribution < 1.29 is 36.0 Å². The molecule has 2 aromatic rings. The van der Waals surface area contributed by atoms with Gasteiger partial charge < -0.3 is 26.1 Å². The molecule has 5 N–H and O–H groups in total. The van der Waals surface area contributed by atoms with Crippen LogP contribution in [0.15, 0.2) is 40.1 Å². The Kier molecular flexibility index (Phi) is 8.11. The Balaban J connectivity index is 1.51. The van der Waals surface area contributed by atoms with Crippen molar-refractivity contribution in [1.82, 2.24) is 10.4 Å². The molecule has 14 heteroatoms. The number of piperidine rings is 1. The van der Waals surface area contributed by atoms with Crippen LogP contribution >= 0.6 is 11.8 Å². The van der Waals surface area contributed by atoms with Crippen LogP contribution in [0.2, 0.25) is 0 Å². The van der Waals surface area contributed by atoms with Crippen molar-refractivity contribution in [3.63, 3.8) is 0 Å². The lowest BCUT2D eigenvalue weighted by atomic mass is 10.0. The SMILES string of the molecule is NCCN1CCC(Nc2cc(C(F)(F)F)cc3c2Nc2ccc(CNOC(=O)C(F)(F)F)cc2S3)CC1. The molecule has 0 saturated carbocycles. The molecule has 2 heterocycles. The number of nitrogens with one attached hydrogen (secondary N) is 3. The highest BCUT2D eigenvalue weighted by molar-refractivity contribution is 7.99. The van der Waals surface area contributed by atoms with Gasteiger partial charge in [-0.1, -0.05) is 17.8 Å². The average molecular weight is 550 g/mol. The molecule has 0 unspecified atom stereocenters. The zero-order valence-corrected chi connectivity index (χ0v) is 20.2. The number of hydrogen-bond acceptors (Lipinski definition) is 8. The van der Waals surface area contributed by atoms with Gasteiger partial charge in [-0.25, -0.2) is 4.79 Å². The number of anilines is 3. The molecule has 0 radical (unpaired) electrons. The van der Waals surface area contributed by atoms with Crippen molar-refractivity contribution in [3.05, 3.63) is 41.5 Å². The first kappa shape index (κ1) is 27.4. The van der Waals surface area contributed by atoms with Crippen LogP contribution in [-0.2, 0) is 22.4 Å². The standard InChI is InChI=1S/C23H25F6N5O2S/c24-22(25,26)14-10-17(32-15-3-6-34(7-4-15)8-5-30)20-19(11-14)37-18-9-13(1-2-16(18)33-20)12-31-36-21(35)23(27,28)29/h1-2,9-11,15,31-33H,3-8,12,30H2. The Morgan fingerprint density at radius 3 is 2.49 bits per heavy atom. The third-order valence-electron chi connectivity index (χ3n) is 6.02. The van der Waals surface area contributed by atoms with Gasteiger partial charge in [0.2, 0.25) is 0 Å². The molecule has 2 aliphatic heterocycles. The van der Waals surface area contributed by atoms with E-state index in [-0.39, 0.29) is 12.6 Å². The number of hydroxylamine groups is 1. The van der Waals surface area contributed by atoms with Gasteiger partial charge in [0.15, 0.2) is 0 Å². The van der Waals surface area contributed by atoms with Crippen LogP contribution in [0.25, 0.3) is 0 Å². The predicted octanol–water partition coefficient (Wildman–Crippen LogP) is 4.86. The topological polar surface area (TPSA) is 91.7 Å². The number of carbonyl (C=O) groups excluding carboxylic acids is 1.